The lowest BCUT2D eigenvalue weighted by Crippen LogP contribution is -2.31. The third-order valence-electron chi connectivity index (χ3n) is 3.79. The first-order chi connectivity index (χ1) is 10.4. The fraction of sp³-hybridized carbons (Fsp3) is 0.294. The zero-order valence-corrected chi connectivity index (χ0v) is 12.7. The molecule has 0 radical (unpaired) electrons. The highest BCUT2D eigenvalue weighted by Gasteiger charge is 2.16. The van der Waals surface area contributed by atoms with E-state index in [-0.39, 0.29) is 5.92 Å². The summed E-state index contributed by atoms with van der Waals surface area (Å²) < 4.78 is 0. The molecule has 0 aliphatic heterocycles. The summed E-state index contributed by atoms with van der Waals surface area (Å²) in [5.74, 6) is -0.689. The molecule has 22 heavy (non-hydrogen) atoms. The lowest BCUT2D eigenvalue weighted by Gasteiger charge is -2.18. The Morgan fingerprint density at radius 3 is 2.23 bits per heavy atom. The van der Waals surface area contributed by atoms with Gasteiger partial charge in [-0.15, -0.1) is 0 Å². The van der Waals surface area contributed by atoms with Crippen LogP contribution in [-0.2, 0) is 0 Å². The Bertz CT molecular complexity index is 712. The third kappa shape index (κ3) is 3.43. The van der Waals surface area contributed by atoms with Crippen molar-refractivity contribution in [3.63, 3.8) is 0 Å². The molecule has 2 rings (SSSR count). The van der Waals surface area contributed by atoms with Gasteiger partial charge in [-0.2, -0.15) is 0 Å². The number of hydroxylamine groups is 2. The Hall–Kier alpha value is -2.40. The summed E-state index contributed by atoms with van der Waals surface area (Å²) in [6.45, 7) is 4.28. The van der Waals surface area contributed by atoms with Crippen molar-refractivity contribution in [2.24, 2.45) is 11.7 Å². The predicted octanol–water partition coefficient (Wildman–Crippen LogP) is 2.82. The molecule has 0 heterocycles. The lowest BCUT2D eigenvalue weighted by molar-refractivity contribution is -0.0662. The van der Waals surface area contributed by atoms with Gasteiger partial charge in [0.05, 0.1) is 6.54 Å². The zero-order valence-electron chi connectivity index (χ0n) is 12.7. The molecule has 0 fully saturated rings. The molecule has 2 aromatic carbocycles. The molecule has 0 spiro atoms. The van der Waals surface area contributed by atoms with Crippen molar-refractivity contribution < 1.29 is 14.8 Å². The maximum absolute atomic E-state index is 12.2. The number of nitrogens with two attached hydrogens (primary N) is 1. The highest BCUT2D eigenvalue weighted by molar-refractivity contribution is 6.01. The van der Waals surface area contributed by atoms with E-state index in [1.807, 2.05) is 13.8 Å². The number of fused-ring (bicyclic) bond motifs is 1. The van der Waals surface area contributed by atoms with Crippen LogP contribution in [0.1, 0.15) is 41.0 Å². The van der Waals surface area contributed by atoms with E-state index in [1.54, 1.807) is 36.4 Å². The number of carbonyl (C=O) groups is 2. The van der Waals surface area contributed by atoms with Crippen molar-refractivity contribution in [2.75, 3.05) is 6.54 Å². The van der Waals surface area contributed by atoms with E-state index in [1.165, 1.54) is 0 Å². The van der Waals surface area contributed by atoms with Gasteiger partial charge in [0, 0.05) is 11.1 Å². The molecular weight excluding hydrogens is 280 g/mol. The quantitative estimate of drug-likeness (QED) is 0.658. The minimum Gasteiger partial charge on any atom is -0.366 e. The van der Waals surface area contributed by atoms with E-state index in [0.717, 1.165) is 22.3 Å². The highest BCUT2D eigenvalue weighted by atomic mass is 16.5. The third-order valence-corrected chi connectivity index (χ3v) is 3.79. The smallest absolute Gasteiger partial charge is 0.277 e. The second kappa shape index (κ2) is 6.58. The average molecular weight is 300 g/mol. The SMILES string of the molecule is CCC(C)CN(O)C(=O)c1ccc2cc(C(N)=O)ccc2c1. The number of rotatable bonds is 5. The molecule has 116 valence electrons. The van der Waals surface area contributed by atoms with Gasteiger partial charge in [0.15, 0.2) is 0 Å². The second-order valence-corrected chi connectivity index (χ2v) is 5.54. The predicted molar refractivity (Wildman–Crippen MR) is 84.7 cm³/mol. The van der Waals surface area contributed by atoms with E-state index >= 15 is 0 Å². The van der Waals surface area contributed by atoms with Crippen LogP contribution in [0.3, 0.4) is 0 Å². The summed E-state index contributed by atoms with van der Waals surface area (Å²) >= 11 is 0. The molecule has 0 aliphatic rings. The fourth-order valence-corrected chi connectivity index (χ4v) is 2.19. The molecule has 2 aromatic rings. The van der Waals surface area contributed by atoms with E-state index in [4.69, 9.17) is 5.73 Å². The minimum atomic E-state index is -0.489. The van der Waals surface area contributed by atoms with E-state index in [0.29, 0.717) is 17.7 Å². The van der Waals surface area contributed by atoms with Gasteiger partial charge in [-0.3, -0.25) is 14.8 Å². The van der Waals surface area contributed by atoms with E-state index in [9.17, 15) is 14.8 Å². The largest absolute Gasteiger partial charge is 0.366 e. The van der Waals surface area contributed by atoms with Gasteiger partial charge in [-0.05, 0) is 41.0 Å². The van der Waals surface area contributed by atoms with Crippen LogP contribution in [0, 0.1) is 5.92 Å². The van der Waals surface area contributed by atoms with E-state index < -0.39 is 11.8 Å². The molecule has 0 saturated carbocycles. The second-order valence-electron chi connectivity index (χ2n) is 5.54. The maximum Gasteiger partial charge on any atom is 0.277 e. The minimum absolute atomic E-state index is 0.229. The molecule has 2 amide bonds. The standard InChI is InChI=1S/C17H20N2O3/c1-3-11(2)10-19(22)17(21)15-7-5-12-8-14(16(18)20)6-4-13(12)9-15/h4-9,11,22H,3,10H2,1-2H3,(H2,18,20). The van der Waals surface area contributed by atoms with Crippen LogP contribution in [0.15, 0.2) is 36.4 Å². The van der Waals surface area contributed by atoms with Gasteiger partial charge in [0.2, 0.25) is 5.91 Å². The summed E-state index contributed by atoms with van der Waals surface area (Å²) in [4.78, 5) is 23.4. The van der Waals surface area contributed by atoms with Gasteiger partial charge >= 0.3 is 0 Å². The van der Waals surface area contributed by atoms with Crippen LogP contribution in [0.25, 0.3) is 10.8 Å². The summed E-state index contributed by atoms with van der Waals surface area (Å²) in [6, 6.07) is 10.1. The zero-order chi connectivity index (χ0) is 16.3. The molecule has 0 saturated heterocycles. The molecule has 1 atom stereocenters. The Labute approximate surface area is 129 Å². The van der Waals surface area contributed by atoms with Crippen LogP contribution >= 0.6 is 0 Å². The van der Waals surface area contributed by atoms with Gasteiger partial charge in [-0.25, -0.2) is 5.06 Å². The number of benzene rings is 2. The summed E-state index contributed by atoms with van der Waals surface area (Å²) in [5, 5.41) is 12.3. The number of hydrogen-bond donors (Lipinski definition) is 2. The van der Waals surface area contributed by atoms with Gasteiger partial charge in [-0.1, -0.05) is 32.4 Å². The highest BCUT2D eigenvalue weighted by Crippen LogP contribution is 2.19. The molecule has 5 heteroatoms. The summed E-state index contributed by atoms with van der Waals surface area (Å²) in [6.07, 6.45) is 0.887. The van der Waals surface area contributed by atoms with E-state index in [2.05, 4.69) is 0 Å². The first-order valence-corrected chi connectivity index (χ1v) is 7.26. The van der Waals surface area contributed by atoms with Gasteiger partial charge in [0.1, 0.15) is 0 Å². The Morgan fingerprint density at radius 1 is 1.14 bits per heavy atom. The molecule has 0 aromatic heterocycles. The normalized spacial score (nSPS) is 12.1. The lowest BCUT2D eigenvalue weighted by atomic mass is 10.0. The number of carbonyl (C=O) groups excluding carboxylic acids is 2. The summed E-state index contributed by atoms with van der Waals surface area (Å²) in [5.41, 5.74) is 6.08. The van der Waals surface area contributed by atoms with Crippen LogP contribution < -0.4 is 5.73 Å². The van der Waals surface area contributed by atoms with Crippen LogP contribution in [0.4, 0.5) is 0 Å². The average Bonchev–Trinajstić information content (AvgIpc) is 2.52. The Balaban J connectivity index is 2.27. The number of primary amides is 1. The number of hydrogen-bond acceptors (Lipinski definition) is 3. The number of nitrogens with zero attached hydrogens (tertiary/aromatic N) is 1. The molecule has 1 unspecified atom stereocenters. The summed E-state index contributed by atoms with van der Waals surface area (Å²) in [7, 11) is 0. The van der Waals surface area contributed by atoms with Crippen molar-refractivity contribution in [3.05, 3.63) is 47.5 Å². The molecule has 3 N–H and O–H groups in total. The van der Waals surface area contributed by atoms with Crippen LogP contribution in [0.5, 0.6) is 0 Å². The Kier molecular flexibility index (Phi) is 4.78. The van der Waals surface area contributed by atoms with Crippen molar-refractivity contribution >= 4 is 22.6 Å². The van der Waals surface area contributed by atoms with Gasteiger partial charge in [0.25, 0.3) is 5.91 Å². The monoisotopic (exact) mass is 300 g/mol. The van der Waals surface area contributed by atoms with Crippen LogP contribution in [-0.4, -0.2) is 28.6 Å². The number of amides is 2. The first kappa shape index (κ1) is 16.0. The van der Waals surface area contributed by atoms with Crippen molar-refractivity contribution in [2.45, 2.75) is 20.3 Å². The van der Waals surface area contributed by atoms with Gasteiger partial charge < -0.3 is 5.73 Å². The molecule has 0 bridgehead atoms. The van der Waals surface area contributed by atoms with Crippen LogP contribution in [0.2, 0.25) is 0 Å². The maximum atomic E-state index is 12.2. The molecule has 5 nitrogen and oxygen atoms in total. The van der Waals surface area contributed by atoms with Crippen molar-refractivity contribution in [1.82, 2.24) is 5.06 Å². The van der Waals surface area contributed by atoms with Crippen molar-refractivity contribution in [3.8, 4) is 0 Å². The topological polar surface area (TPSA) is 83.6 Å². The molecule has 0 aliphatic carbocycles. The Morgan fingerprint density at radius 2 is 1.68 bits per heavy atom. The van der Waals surface area contributed by atoms with Crippen molar-refractivity contribution in [1.29, 1.82) is 0 Å². The molecular formula is C17H20N2O3. The fourth-order valence-electron chi connectivity index (χ4n) is 2.19. The first-order valence-electron chi connectivity index (χ1n) is 7.26.